The third kappa shape index (κ3) is 3.91. The number of carbonyl (C=O) groups excluding carboxylic acids is 2. The van der Waals surface area contributed by atoms with Crippen LogP contribution in [0.2, 0.25) is 0 Å². The Morgan fingerprint density at radius 1 is 1.28 bits per heavy atom. The van der Waals surface area contributed by atoms with Crippen molar-refractivity contribution in [1.82, 2.24) is 5.32 Å². The number of rotatable bonds is 4. The molecule has 0 bridgehead atoms. The van der Waals surface area contributed by atoms with E-state index < -0.39 is 29.5 Å². The minimum Gasteiger partial charge on any atom is -0.485 e. The van der Waals surface area contributed by atoms with E-state index in [2.05, 4.69) is 15.3 Å². The molecule has 1 aliphatic heterocycles. The highest BCUT2D eigenvalue weighted by molar-refractivity contribution is 5.99. The summed E-state index contributed by atoms with van der Waals surface area (Å²) in [4.78, 5) is 27.3. The van der Waals surface area contributed by atoms with Gasteiger partial charge in [0.2, 0.25) is 0 Å². The van der Waals surface area contributed by atoms with Crippen LogP contribution in [-0.4, -0.2) is 28.5 Å². The van der Waals surface area contributed by atoms with Crippen LogP contribution in [0.5, 0.6) is 5.75 Å². The van der Waals surface area contributed by atoms with Crippen molar-refractivity contribution < 1.29 is 23.8 Å². The van der Waals surface area contributed by atoms with E-state index in [4.69, 9.17) is 10.3 Å². The molecule has 1 aliphatic rings. The number of azide groups is 1. The van der Waals surface area contributed by atoms with Crippen molar-refractivity contribution in [3.63, 3.8) is 0 Å². The predicted octanol–water partition coefficient (Wildman–Crippen LogP) is 3.97. The molecule has 0 saturated heterocycles. The molecule has 0 aliphatic carbocycles. The largest absolute Gasteiger partial charge is 0.485 e. The number of nitrogens with zero attached hydrogens (tertiary/aromatic N) is 3. The molecule has 2 aromatic carbocycles. The van der Waals surface area contributed by atoms with E-state index in [0.29, 0.717) is 16.9 Å². The lowest BCUT2D eigenvalue weighted by Crippen LogP contribution is -2.53. The molecule has 29 heavy (non-hydrogen) atoms. The van der Waals surface area contributed by atoms with E-state index in [1.54, 1.807) is 32.0 Å². The molecular formula is C20H19FN4O4. The number of amides is 1. The Morgan fingerprint density at radius 2 is 2.00 bits per heavy atom. The van der Waals surface area contributed by atoms with Crippen LogP contribution in [0, 0.1) is 5.82 Å². The molecule has 0 spiro atoms. The molecule has 150 valence electrons. The molecule has 1 heterocycles. The van der Waals surface area contributed by atoms with Crippen LogP contribution in [-0.2, 0) is 0 Å². The summed E-state index contributed by atoms with van der Waals surface area (Å²) in [7, 11) is 0. The van der Waals surface area contributed by atoms with Gasteiger partial charge in [-0.3, -0.25) is 9.59 Å². The normalized spacial score (nSPS) is 19.3. The minimum absolute atomic E-state index is 0.0510. The number of Topliss-reactive ketones (excluding diaryl/α,β-unsaturated/α-hetero) is 1. The number of nitrogens with one attached hydrogen (secondary N) is 1. The fourth-order valence-corrected chi connectivity index (χ4v) is 3.22. The lowest BCUT2D eigenvalue weighted by molar-refractivity contribution is -0.0627. The average molecular weight is 398 g/mol. The molecule has 9 heteroatoms. The maximum atomic E-state index is 13.7. The average Bonchev–Trinajstić information content (AvgIpc) is 2.66. The number of ether oxygens (including phenoxy) is 1. The highest BCUT2D eigenvalue weighted by Crippen LogP contribution is 2.40. The second-order valence-electron chi connectivity index (χ2n) is 7.26. The number of carbonyl (C=O) groups is 2. The fraction of sp³-hybridized carbons (Fsp3) is 0.300. The van der Waals surface area contributed by atoms with E-state index in [0.717, 1.165) is 12.1 Å². The highest BCUT2D eigenvalue weighted by Gasteiger charge is 2.44. The molecule has 2 N–H and O–H groups in total. The molecule has 0 radical (unpaired) electrons. The Morgan fingerprint density at radius 3 is 2.66 bits per heavy atom. The quantitative estimate of drug-likeness (QED) is 0.350. The molecular weight excluding hydrogens is 379 g/mol. The van der Waals surface area contributed by atoms with Crippen molar-refractivity contribution in [1.29, 1.82) is 0 Å². The molecule has 0 unspecified atom stereocenters. The predicted molar refractivity (Wildman–Crippen MR) is 103 cm³/mol. The summed E-state index contributed by atoms with van der Waals surface area (Å²) < 4.78 is 19.5. The summed E-state index contributed by atoms with van der Waals surface area (Å²) in [5.74, 6) is -1.20. The highest BCUT2D eigenvalue weighted by atomic mass is 19.1. The van der Waals surface area contributed by atoms with Gasteiger partial charge in [-0.1, -0.05) is 5.11 Å². The van der Waals surface area contributed by atoms with E-state index in [-0.39, 0.29) is 17.0 Å². The van der Waals surface area contributed by atoms with E-state index in [1.165, 1.54) is 13.0 Å². The Kier molecular flexibility index (Phi) is 5.28. The van der Waals surface area contributed by atoms with Gasteiger partial charge in [0.05, 0.1) is 17.3 Å². The number of benzene rings is 2. The second kappa shape index (κ2) is 7.54. The van der Waals surface area contributed by atoms with Gasteiger partial charge in [-0.05, 0) is 62.7 Å². The fourth-order valence-electron chi connectivity index (χ4n) is 3.22. The van der Waals surface area contributed by atoms with Gasteiger partial charge in [0.15, 0.2) is 5.78 Å². The van der Waals surface area contributed by atoms with E-state index in [9.17, 15) is 19.1 Å². The second-order valence-corrected chi connectivity index (χ2v) is 7.26. The lowest BCUT2D eigenvalue weighted by atomic mass is 9.85. The standard InChI is InChI=1S/C20H19FN4O4/c1-10(26)11-4-7-16-14(8-11)17(18(27)20(2,3)29-16)23-19(28)13-9-12(21)5-6-15(13)24-25-22/h4-9,17-18,27H,1-3H3,(H,23,28)/t17-,18+/m0/s1. The Hall–Kier alpha value is -3.42. The zero-order chi connectivity index (χ0) is 21.3. The summed E-state index contributed by atoms with van der Waals surface area (Å²) in [5.41, 5.74) is 8.22. The molecule has 0 fully saturated rings. The molecule has 0 saturated carbocycles. The number of fused-ring (bicyclic) bond motifs is 1. The van der Waals surface area contributed by atoms with Crippen molar-refractivity contribution in [2.75, 3.05) is 0 Å². The van der Waals surface area contributed by atoms with Crippen LogP contribution in [0.15, 0.2) is 41.5 Å². The minimum atomic E-state index is -1.17. The van der Waals surface area contributed by atoms with Gasteiger partial charge in [0, 0.05) is 16.0 Å². The first-order valence-electron chi connectivity index (χ1n) is 8.81. The number of aliphatic hydroxyl groups is 1. The third-order valence-corrected chi connectivity index (χ3v) is 4.79. The van der Waals surface area contributed by atoms with Crippen LogP contribution < -0.4 is 10.1 Å². The maximum Gasteiger partial charge on any atom is 0.252 e. The molecule has 3 rings (SSSR count). The van der Waals surface area contributed by atoms with Crippen LogP contribution in [0.25, 0.3) is 10.4 Å². The van der Waals surface area contributed by atoms with E-state index in [1.807, 2.05) is 0 Å². The number of halogens is 1. The lowest BCUT2D eigenvalue weighted by Gasteiger charge is -2.42. The van der Waals surface area contributed by atoms with Crippen molar-refractivity contribution in [2.45, 2.75) is 38.5 Å². The van der Waals surface area contributed by atoms with Crippen molar-refractivity contribution in [2.24, 2.45) is 5.11 Å². The Bertz CT molecular complexity index is 1050. The number of hydrogen-bond acceptors (Lipinski definition) is 5. The first kappa shape index (κ1) is 20.3. The van der Waals surface area contributed by atoms with Gasteiger partial charge >= 0.3 is 0 Å². The first-order chi connectivity index (χ1) is 13.6. The molecule has 8 nitrogen and oxygen atoms in total. The van der Waals surface area contributed by atoms with Crippen LogP contribution >= 0.6 is 0 Å². The van der Waals surface area contributed by atoms with Gasteiger partial charge in [0.25, 0.3) is 5.91 Å². The zero-order valence-corrected chi connectivity index (χ0v) is 16.0. The van der Waals surface area contributed by atoms with Crippen LogP contribution in [0.1, 0.15) is 53.1 Å². The smallest absolute Gasteiger partial charge is 0.252 e. The van der Waals surface area contributed by atoms with Crippen LogP contribution in [0.3, 0.4) is 0 Å². The number of ketones is 1. The van der Waals surface area contributed by atoms with Crippen molar-refractivity contribution >= 4 is 17.4 Å². The van der Waals surface area contributed by atoms with Gasteiger partial charge in [-0.25, -0.2) is 4.39 Å². The Labute approximate surface area is 165 Å². The van der Waals surface area contributed by atoms with Crippen molar-refractivity contribution in [3.8, 4) is 5.75 Å². The van der Waals surface area contributed by atoms with Crippen LogP contribution in [0.4, 0.5) is 10.1 Å². The Balaban J connectivity index is 2.05. The molecule has 2 aromatic rings. The van der Waals surface area contributed by atoms with Gasteiger partial charge in [-0.15, -0.1) is 0 Å². The summed E-state index contributed by atoms with van der Waals surface area (Å²) >= 11 is 0. The van der Waals surface area contributed by atoms with Gasteiger partial charge in [-0.2, -0.15) is 0 Å². The zero-order valence-electron chi connectivity index (χ0n) is 16.0. The third-order valence-electron chi connectivity index (χ3n) is 4.79. The summed E-state index contributed by atoms with van der Waals surface area (Å²) in [6.07, 6.45) is -1.17. The molecule has 1 amide bonds. The van der Waals surface area contributed by atoms with E-state index >= 15 is 0 Å². The summed E-state index contributed by atoms with van der Waals surface area (Å²) in [5, 5.41) is 16.9. The first-order valence-corrected chi connectivity index (χ1v) is 8.81. The number of aliphatic hydroxyl groups excluding tert-OH is 1. The summed E-state index contributed by atoms with van der Waals surface area (Å²) in [6.45, 7) is 4.72. The maximum absolute atomic E-state index is 13.7. The molecule has 2 atom stereocenters. The SMILES string of the molecule is CC(=O)c1ccc2c(c1)[C@H](NC(=O)c1cc(F)ccc1N=[N+]=[N-])[C@@H](O)C(C)(C)O2. The summed E-state index contributed by atoms with van der Waals surface area (Å²) in [6, 6.07) is 7.01. The van der Waals surface area contributed by atoms with Gasteiger partial charge in [0.1, 0.15) is 23.3 Å². The van der Waals surface area contributed by atoms with Crippen molar-refractivity contribution in [3.05, 3.63) is 69.3 Å². The molecule has 0 aromatic heterocycles. The van der Waals surface area contributed by atoms with Gasteiger partial charge < -0.3 is 15.2 Å². The monoisotopic (exact) mass is 398 g/mol. The number of hydrogen-bond donors (Lipinski definition) is 2. The topological polar surface area (TPSA) is 124 Å².